The number of para-hydroxylation sites is 1. The van der Waals surface area contributed by atoms with Crippen LogP contribution >= 0.6 is 0 Å². The number of furan rings is 1. The van der Waals surface area contributed by atoms with Crippen molar-refractivity contribution in [3.05, 3.63) is 70.6 Å². The quantitative estimate of drug-likeness (QED) is 0.578. The Morgan fingerprint density at radius 3 is 2.22 bits per heavy atom. The van der Waals surface area contributed by atoms with E-state index in [4.69, 9.17) is 8.83 Å². The summed E-state index contributed by atoms with van der Waals surface area (Å²) in [6, 6.07) is 14.8. The lowest BCUT2D eigenvalue weighted by molar-refractivity contribution is -0.114. The Labute approximate surface area is 152 Å². The standard InChI is InChI=1S/C20H14N2O5/c1-11(23)21-12-6-8-13(9-7-12)22-19(25)17-10-15-18(24)14-4-2-3-5-16(14)26-20(15)27-17/h2-10H,1H3,(H,21,23)(H,22,25). The van der Waals surface area contributed by atoms with Crippen LogP contribution < -0.4 is 16.1 Å². The van der Waals surface area contributed by atoms with E-state index in [1.165, 1.54) is 13.0 Å². The van der Waals surface area contributed by atoms with Crippen LogP contribution in [-0.4, -0.2) is 11.8 Å². The highest BCUT2D eigenvalue weighted by Crippen LogP contribution is 2.22. The number of rotatable bonds is 3. The van der Waals surface area contributed by atoms with Gasteiger partial charge in [-0.3, -0.25) is 14.4 Å². The van der Waals surface area contributed by atoms with Gasteiger partial charge in [0.25, 0.3) is 5.91 Å². The smallest absolute Gasteiger partial charge is 0.302 e. The number of carbonyl (C=O) groups is 2. The number of hydrogen-bond donors (Lipinski definition) is 2. The number of fused-ring (bicyclic) bond motifs is 2. The van der Waals surface area contributed by atoms with Crippen LogP contribution in [0.1, 0.15) is 17.5 Å². The maximum absolute atomic E-state index is 12.5. The summed E-state index contributed by atoms with van der Waals surface area (Å²) in [5, 5.41) is 5.94. The van der Waals surface area contributed by atoms with Gasteiger partial charge in [0.15, 0.2) is 5.76 Å². The van der Waals surface area contributed by atoms with E-state index in [1.807, 2.05) is 0 Å². The number of anilines is 2. The highest BCUT2D eigenvalue weighted by Gasteiger charge is 2.17. The lowest BCUT2D eigenvalue weighted by Crippen LogP contribution is -2.11. The predicted octanol–water partition coefficient (Wildman–Crippen LogP) is 3.75. The normalized spacial score (nSPS) is 10.9. The molecule has 2 heterocycles. The van der Waals surface area contributed by atoms with Crippen LogP contribution in [0.15, 0.2) is 68.2 Å². The van der Waals surface area contributed by atoms with Crippen LogP contribution in [0.5, 0.6) is 0 Å². The van der Waals surface area contributed by atoms with E-state index in [9.17, 15) is 14.4 Å². The number of nitrogens with one attached hydrogen (secondary N) is 2. The fourth-order valence-electron chi connectivity index (χ4n) is 2.74. The van der Waals surface area contributed by atoms with E-state index < -0.39 is 5.91 Å². The van der Waals surface area contributed by atoms with Gasteiger partial charge in [0.05, 0.1) is 5.39 Å². The highest BCUT2D eigenvalue weighted by molar-refractivity contribution is 6.05. The second-order valence-electron chi connectivity index (χ2n) is 5.95. The molecule has 2 aromatic carbocycles. The zero-order valence-corrected chi connectivity index (χ0v) is 14.2. The average Bonchev–Trinajstić information content (AvgIpc) is 3.08. The molecule has 0 fully saturated rings. The fourth-order valence-corrected chi connectivity index (χ4v) is 2.74. The van der Waals surface area contributed by atoms with E-state index in [0.717, 1.165) is 0 Å². The first-order valence-electron chi connectivity index (χ1n) is 8.15. The fraction of sp³-hybridized carbons (Fsp3) is 0.0500. The van der Waals surface area contributed by atoms with Crippen LogP contribution in [0, 0.1) is 0 Å². The second-order valence-corrected chi connectivity index (χ2v) is 5.95. The number of hydrogen-bond acceptors (Lipinski definition) is 5. The summed E-state index contributed by atoms with van der Waals surface area (Å²) in [6.45, 7) is 1.41. The van der Waals surface area contributed by atoms with Crippen LogP contribution in [0.3, 0.4) is 0 Å². The third-order valence-electron chi connectivity index (χ3n) is 3.96. The zero-order valence-electron chi connectivity index (χ0n) is 14.2. The van der Waals surface area contributed by atoms with Crippen molar-refractivity contribution in [2.24, 2.45) is 0 Å². The molecule has 0 atom stereocenters. The molecule has 0 radical (unpaired) electrons. The van der Waals surface area contributed by atoms with Gasteiger partial charge in [0.1, 0.15) is 11.0 Å². The number of benzene rings is 2. The SMILES string of the molecule is CC(=O)Nc1ccc(NC(=O)c2cc3c(=O)c4ccccc4oc3o2)cc1. The minimum Gasteiger partial charge on any atom is -0.425 e. The topological polar surface area (TPSA) is 102 Å². The Balaban J connectivity index is 1.63. The molecule has 0 aliphatic heterocycles. The molecule has 27 heavy (non-hydrogen) atoms. The zero-order chi connectivity index (χ0) is 19.0. The molecular weight excluding hydrogens is 348 g/mol. The molecule has 7 nitrogen and oxygen atoms in total. The Hall–Kier alpha value is -3.87. The van der Waals surface area contributed by atoms with E-state index >= 15 is 0 Å². The maximum atomic E-state index is 12.5. The van der Waals surface area contributed by atoms with Crippen molar-refractivity contribution in [1.82, 2.24) is 0 Å². The van der Waals surface area contributed by atoms with E-state index in [0.29, 0.717) is 22.3 Å². The van der Waals surface area contributed by atoms with Gasteiger partial charge in [-0.25, -0.2) is 0 Å². The summed E-state index contributed by atoms with van der Waals surface area (Å²) in [4.78, 5) is 36.0. The molecule has 2 aromatic heterocycles. The summed E-state index contributed by atoms with van der Waals surface area (Å²) >= 11 is 0. The van der Waals surface area contributed by atoms with E-state index in [2.05, 4.69) is 10.6 Å². The highest BCUT2D eigenvalue weighted by atomic mass is 16.5. The van der Waals surface area contributed by atoms with Crippen LogP contribution in [0.2, 0.25) is 0 Å². The Morgan fingerprint density at radius 2 is 1.52 bits per heavy atom. The minimum absolute atomic E-state index is 0.00450. The van der Waals surface area contributed by atoms with Gasteiger partial charge >= 0.3 is 5.78 Å². The van der Waals surface area contributed by atoms with Gasteiger partial charge in [0, 0.05) is 24.4 Å². The predicted molar refractivity (Wildman–Crippen MR) is 101 cm³/mol. The first kappa shape index (κ1) is 16.6. The Kier molecular flexibility index (Phi) is 3.97. The maximum Gasteiger partial charge on any atom is 0.302 e. The average molecular weight is 362 g/mol. The molecule has 0 saturated carbocycles. The van der Waals surface area contributed by atoms with Crippen LogP contribution in [0.25, 0.3) is 22.1 Å². The summed E-state index contributed by atoms with van der Waals surface area (Å²) < 4.78 is 11.0. The molecular formula is C20H14N2O5. The third-order valence-corrected chi connectivity index (χ3v) is 3.96. The van der Waals surface area contributed by atoms with Crippen LogP contribution in [-0.2, 0) is 4.79 Å². The van der Waals surface area contributed by atoms with Crippen molar-refractivity contribution >= 4 is 45.3 Å². The molecule has 4 aromatic rings. The number of carbonyl (C=O) groups excluding carboxylic acids is 2. The first-order valence-corrected chi connectivity index (χ1v) is 8.15. The third kappa shape index (κ3) is 3.18. The largest absolute Gasteiger partial charge is 0.425 e. The molecule has 4 rings (SSSR count). The number of amides is 2. The van der Waals surface area contributed by atoms with Crippen molar-refractivity contribution < 1.29 is 18.4 Å². The van der Waals surface area contributed by atoms with Gasteiger partial charge < -0.3 is 19.5 Å². The summed E-state index contributed by atoms with van der Waals surface area (Å²) in [7, 11) is 0. The lowest BCUT2D eigenvalue weighted by Gasteiger charge is -2.05. The lowest BCUT2D eigenvalue weighted by atomic mass is 10.2. The van der Waals surface area contributed by atoms with E-state index in [-0.39, 0.29) is 28.3 Å². The van der Waals surface area contributed by atoms with Crippen molar-refractivity contribution in [1.29, 1.82) is 0 Å². The van der Waals surface area contributed by atoms with Gasteiger partial charge in [-0.2, -0.15) is 0 Å². The molecule has 0 unspecified atom stereocenters. The first-order chi connectivity index (χ1) is 13.0. The summed E-state index contributed by atoms with van der Waals surface area (Å²) in [6.07, 6.45) is 0. The van der Waals surface area contributed by atoms with Crippen molar-refractivity contribution in [3.63, 3.8) is 0 Å². The van der Waals surface area contributed by atoms with Gasteiger partial charge in [-0.05, 0) is 36.4 Å². The molecule has 0 spiro atoms. The molecule has 0 bridgehead atoms. The van der Waals surface area contributed by atoms with Crippen molar-refractivity contribution in [3.8, 4) is 0 Å². The van der Waals surface area contributed by atoms with Gasteiger partial charge in [-0.15, -0.1) is 0 Å². The Morgan fingerprint density at radius 1 is 0.852 bits per heavy atom. The molecule has 0 aliphatic carbocycles. The molecule has 0 aliphatic rings. The van der Waals surface area contributed by atoms with Gasteiger partial charge in [0.2, 0.25) is 11.3 Å². The Bertz CT molecular complexity index is 1230. The van der Waals surface area contributed by atoms with Gasteiger partial charge in [-0.1, -0.05) is 12.1 Å². The molecule has 2 amide bonds. The summed E-state index contributed by atoms with van der Waals surface area (Å²) in [5.41, 5.74) is 1.27. The van der Waals surface area contributed by atoms with E-state index in [1.54, 1.807) is 48.5 Å². The van der Waals surface area contributed by atoms with Crippen molar-refractivity contribution in [2.75, 3.05) is 10.6 Å². The summed E-state index contributed by atoms with van der Waals surface area (Å²) in [5.74, 6) is -0.729. The van der Waals surface area contributed by atoms with Crippen molar-refractivity contribution in [2.45, 2.75) is 6.92 Å². The molecule has 0 saturated heterocycles. The minimum atomic E-state index is -0.517. The monoisotopic (exact) mass is 362 g/mol. The second kappa shape index (κ2) is 6.45. The molecule has 2 N–H and O–H groups in total. The molecule has 7 heteroatoms. The van der Waals surface area contributed by atoms with Crippen LogP contribution in [0.4, 0.5) is 11.4 Å². The molecule has 134 valence electrons.